The molecular formula is C11H14N2O5. The van der Waals surface area contributed by atoms with E-state index in [0.29, 0.717) is 5.56 Å². The topological polar surface area (TPSA) is 136 Å². The predicted molar refractivity (Wildman–Crippen MR) is 61.1 cm³/mol. The van der Waals surface area contributed by atoms with Gasteiger partial charge in [0.25, 0.3) is 5.91 Å². The first-order chi connectivity index (χ1) is 8.41. The Hall–Kier alpha value is -2.12. The van der Waals surface area contributed by atoms with Crippen molar-refractivity contribution in [2.24, 2.45) is 11.5 Å². The Labute approximate surface area is 103 Å². The molecule has 7 nitrogen and oxygen atoms in total. The molecule has 2 unspecified atom stereocenters. The molecule has 0 saturated carbocycles. The van der Waals surface area contributed by atoms with E-state index in [4.69, 9.17) is 11.5 Å². The van der Waals surface area contributed by atoms with E-state index in [1.54, 1.807) is 30.3 Å². The molecule has 2 amide bonds. The van der Waals surface area contributed by atoms with E-state index in [-0.39, 0.29) is 0 Å². The summed E-state index contributed by atoms with van der Waals surface area (Å²) in [6.45, 7) is -0.656. The number of hydrogen-bond donors (Lipinski definition) is 4. The molecule has 0 aliphatic carbocycles. The largest absolute Gasteiger partial charge is 0.407 e. The van der Waals surface area contributed by atoms with Gasteiger partial charge in [-0.1, -0.05) is 30.3 Å². The fraction of sp³-hybridized carbons (Fsp3) is 0.273. The minimum absolute atomic E-state index is 0.377. The molecule has 0 aliphatic heterocycles. The Morgan fingerprint density at radius 2 is 1.83 bits per heavy atom. The summed E-state index contributed by atoms with van der Waals surface area (Å²) < 4.78 is 4.37. The number of amides is 2. The number of aliphatic hydroxyl groups excluding tert-OH is 1. The molecule has 1 aromatic rings. The van der Waals surface area contributed by atoms with Gasteiger partial charge in [0.1, 0.15) is 0 Å². The molecular weight excluding hydrogens is 240 g/mol. The number of nitrogens with two attached hydrogens (primary N) is 2. The van der Waals surface area contributed by atoms with E-state index in [2.05, 4.69) is 4.74 Å². The second-order valence-electron chi connectivity index (χ2n) is 3.63. The minimum Gasteiger partial charge on any atom is -0.407 e. The van der Waals surface area contributed by atoms with Gasteiger partial charge in [-0.2, -0.15) is 0 Å². The van der Waals surface area contributed by atoms with Crippen molar-refractivity contribution < 1.29 is 24.5 Å². The summed E-state index contributed by atoms with van der Waals surface area (Å²) in [5.41, 5.74) is 10.2. The molecule has 18 heavy (non-hydrogen) atoms. The maximum atomic E-state index is 11.3. The van der Waals surface area contributed by atoms with Crippen molar-refractivity contribution in [2.75, 3.05) is 6.61 Å². The fourth-order valence-corrected chi connectivity index (χ4v) is 1.59. The van der Waals surface area contributed by atoms with E-state index in [0.717, 1.165) is 0 Å². The van der Waals surface area contributed by atoms with Crippen molar-refractivity contribution in [3.05, 3.63) is 35.9 Å². The van der Waals surface area contributed by atoms with Gasteiger partial charge in [0, 0.05) is 0 Å². The van der Waals surface area contributed by atoms with Crippen LogP contribution in [-0.4, -0.2) is 34.6 Å². The predicted octanol–water partition coefficient (Wildman–Crippen LogP) is -0.968. The van der Waals surface area contributed by atoms with Gasteiger partial charge in [-0.3, -0.25) is 4.79 Å². The summed E-state index contributed by atoms with van der Waals surface area (Å²) in [6.07, 6.45) is -1.37. The van der Waals surface area contributed by atoms with Crippen LogP contribution in [0.4, 0.5) is 4.79 Å². The zero-order valence-corrected chi connectivity index (χ0v) is 9.45. The molecule has 0 spiro atoms. The molecule has 7 heteroatoms. The van der Waals surface area contributed by atoms with Gasteiger partial charge in [0.05, 0.1) is 12.5 Å². The minimum atomic E-state index is -2.69. The number of primary amides is 2. The highest BCUT2D eigenvalue weighted by Crippen LogP contribution is 2.29. The third-order valence-electron chi connectivity index (χ3n) is 2.47. The maximum Gasteiger partial charge on any atom is 0.407 e. The second-order valence-corrected chi connectivity index (χ2v) is 3.63. The van der Waals surface area contributed by atoms with Crippen molar-refractivity contribution in [3.8, 4) is 0 Å². The molecule has 98 valence electrons. The zero-order valence-electron chi connectivity index (χ0n) is 9.45. The standard InChI is InChI=1S/C11H14N2O5/c12-9(15)11(17,18-10(13)16)8(6-14)7-4-2-1-3-5-7/h1-5,8,14,17H,6H2,(H2,12,15)(H2,13,16). The van der Waals surface area contributed by atoms with Crippen LogP contribution < -0.4 is 11.5 Å². The molecule has 0 aliphatic rings. The summed E-state index contributed by atoms with van der Waals surface area (Å²) in [4.78, 5) is 22.0. The summed E-state index contributed by atoms with van der Waals surface area (Å²) in [5.74, 6) is -5.23. The lowest BCUT2D eigenvalue weighted by atomic mass is 9.90. The monoisotopic (exact) mass is 254 g/mol. The van der Waals surface area contributed by atoms with E-state index < -0.39 is 30.3 Å². The Kier molecular flexibility index (Phi) is 4.24. The lowest BCUT2D eigenvalue weighted by Crippen LogP contribution is -2.54. The zero-order chi connectivity index (χ0) is 13.8. The van der Waals surface area contributed by atoms with Crippen molar-refractivity contribution in [3.63, 3.8) is 0 Å². The van der Waals surface area contributed by atoms with E-state index in [1.165, 1.54) is 0 Å². The third kappa shape index (κ3) is 2.76. The van der Waals surface area contributed by atoms with Crippen LogP contribution in [0.2, 0.25) is 0 Å². The van der Waals surface area contributed by atoms with E-state index in [1.807, 2.05) is 0 Å². The normalized spacial score (nSPS) is 15.4. The average Bonchev–Trinajstić information content (AvgIpc) is 2.30. The van der Waals surface area contributed by atoms with Crippen LogP contribution in [0.15, 0.2) is 30.3 Å². The van der Waals surface area contributed by atoms with E-state index >= 15 is 0 Å². The molecule has 0 fully saturated rings. The molecule has 1 rings (SSSR count). The van der Waals surface area contributed by atoms with Crippen LogP contribution in [-0.2, 0) is 9.53 Å². The van der Waals surface area contributed by atoms with Crippen LogP contribution >= 0.6 is 0 Å². The van der Waals surface area contributed by atoms with Gasteiger partial charge in [0.15, 0.2) is 0 Å². The van der Waals surface area contributed by atoms with Crippen LogP contribution in [0, 0.1) is 0 Å². The summed E-state index contributed by atoms with van der Waals surface area (Å²) in [6, 6.07) is 8.04. The number of hydrogen-bond acceptors (Lipinski definition) is 5. The van der Waals surface area contributed by atoms with Gasteiger partial charge < -0.3 is 26.4 Å². The Bertz CT molecular complexity index is 436. The first-order valence-corrected chi connectivity index (χ1v) is 5.08. The summed E-state index contributed by atoms with van der Waals surface area (Å²) >= 11 is 0. The van der Waals surface area contributed by atoms with Gasteiger partial charge in [-0.05, 0) is 5.56 Å². The van der Waals surface area contributed by atoms with Crippen molar-refractivity contribution >= 4 is 12.0 Å². The Morgan fingerprint density at radius 1 is 1.28 bits per heavy atom. The van der Waals surface area contributed by atoms with Crippen molar-refractivity contribution in [1.82, 2.24) is 0 Å². The summed E-state index contributed by atoms with van der Waals surface area (Å²) in [5, 5.41) is 19.3. The highest BCUT2D eigenvalue weighted by molar-refractivity contribution is 5.85. The molecule has 0 aromatic heterocycles. The highest BCUT2D eigenvalue weighted by Gasteiger charge is 2.47. The fourth-order valence-electron chi connectivity index (χ4n) is 1.59. The van der Waals surface area contributed by atoms with Gasteiger partial charge in [-0.25, -0.2) is 4.79 Å². The SMILES string of the molecule is NC(=O)OC(O)(C(N)=O)C(CO)c1ccccc1. The molecule has 6 N–H and O–H groups in total. The van der Waals surface area contributed by atoms with Gasteiger partial charge in [-0.15, -0.1) is 0 Å². The Balaban J connectivity index is 3.17. The number of rotatable bonds is 5. The van der Waals surface area contributed by atoms with Crippen molar-refractivity contribution in [2.45, 2.75) is 11.7 Å². The Morgan fingerprint density at radius 3 is 2.22 bits per heavy atom. The van der Waals surface area contributed by atoms with Crippen LogP contribution in [0.25, 0.3) is 0 Å². The first kappa shape index (κ1) is 13.9. The molecule has 0 saturated heterocycles. The van der Waals surface area contributed by atoms with E-state index in [9.17, 15) is 19.8 Å². The van der Waals surface area contributed by atoms with Crippen LogP contribution in [0.5, 0.6) is 0 Å². The average molecular weight is 254 g/mol. The van der Waals surface area contributed by atoms with Crippen molar-refractivity contribution in [1.29, 1.82) is 0 Å². The highest BCUT2D eigenvalue weighted by atomic mass is 16.7. The molecule has 1 aromatic carbocycles. The lowest BCUT2D eigenvalue weighted by molar-refractivity contribution is -0.193. The van der Waals surface area contributed by atoms with Gasteiger partial charge in [0.2, 0.25) is 0 Å². The smallest absolute Gasteiger partial charge is 0.407 e. The lowest BCUT2D eigenvalue weighted by Gasteiger charge is -2.30. The third-order valence-corrected chi connectivity index (χ3v) is 2.47. The van der Waals surface area contributed by atoms with Gasteiger partial charge >= 0.3 is 11.9 Å². The number of carbonyl (C=O) groups excluding carboxylic acids is 2. The molecule has 0 bridgehead atoms. The maximum absolute atomic E-state index is 11.3. The first-order valence-electron chi connectivity index (χ1n) is 5.08. The van der Waals surface area contributed by atoms with Crippen LogP contribution in [0.1, 0.15) is 11.5 Å². The van der Waals surface area contributed by atoms with Crippen LogP contribution in [0.3, 0.4) is 0 Å². The number of aliphatic hydroxyl groups is 2. The molecule has 0 radical (unpaired) electrons. The molecule has 2 atom stereocenters. The number of carbonyl (C=O) groups is 2. The number of benzene rings is 1. The quantitative estimate of drug-likeness (QED) is 0.501. The molecule has 0 heterocycles. The second kappa shape index (κ2) is 5.48. The number of ether oxygens (including phenoxy) is 1. The summed E-state index contributed by atoms with van der Waals surface area (Å²) in [7, 11) is 0.